The molecule has 0 fully saturated rings. The lowest BCUT2D eigenvalue weighted by atomic mass is 10.2. The maximum atomic E-state index is 14.4. The summed E-state index contributed by atoms with van der Waals surface area (Å²) < 4.78 is 62.0. The Balaban J connectivity index is 2.14. The van der Waals surface area contributed by atoms with Gasteiger partial charge in [0.1, 0.15) is 5.82 Å². The highest BCUT2D eigenvalue weighted by Crippen LogP contribution is 2.30. The molecule has 0 saturated carbocycles. The predicted octanol–water partition coefficient (Wildman–Crippen LogP) is 3.37. The molecule has 0 unspecified atom stereocenters. The number of halogens is 2. The summed E-state index contributed by atoms with van der Waals surface area (Å²) in [6, 6.07) is 5.92. The van der Waals surface area contributed by atoms with Crippen LogP contribution in [0.1, 0.15) is 19.4 Å². The van der Waals surface area contributed by atoms with E-state index in [-0.39, 0.29) is 22.6 Å². The van der Waals surface area contributed by atoms with Crippen LogP contribution in [-0.4, -0.2) is 28.2 Å². The van der Waals surface area contributed by atoms with E-state index in [2.05, 4.69) is 14.7 Å². The highest BCUT2D eigenvalue weighted by Gasteiger charge is 2.20. The first kappa shape index (κ1) is 22.3. The standard InChI is InChI=1S/C20H20F2N4O4S/c1-11(2)31(28,29)25-16-9-15(13-6-8-17(27)26(4)10-13)23-20(24-16)30-19-14(21)7-5-12(3)18(19)22/h5-11H,1-4H3,(H,23,24,25). The number of benzene rings is 1. The normalized spacial score (nSPS) is 11.6. The van der Waals surface area contributed by atoms with Crippen LogP contribution in [0.2, 0.25) is 0 Å². The molecule has 0 radical (unpaired) electrons. The molecule has 0 saturated heterocycles. The summed E-state index contributed by atoms with van der Waals surface area (Å²) in [5.74, 6) is -2.77. The van der Waals surface area contributed by atoms with Crippen molar-refractivity contribution < 1.29 is 21.9 Å². The Morgan fingerprint density at radius 3 is 2.48 bits per heavy atom. The molecule has 0 atom stereocenters. The van der Waals surface area contributed by atoms with Crippen LogP contribution >= 0.6 is 0 Å². The summed E-state index contributed by atoms with van der Waals surface area (Å²) in [5.41, 5.74) is 0.491. The van der Waals surface area contributed by atoms with Crippen molar-refractivity contribution >= 4 is 15.8 Å². The number of anilines is 1. The molecule has 0 aliphatic rings. The minimum absolute atomic E-state index is 0.145. The minimum atomic E-state index is -3.78. The number of pyridine rings is 1. The lowest BCUT2D eigenvalue weighted by molar-refractivity contribution is 0.381. The molecule has 8 nitrogen and oxygen atoms in total. The van der Waals surface area contributed by atoms with Gasteiger partial charge in [-0.2, -0.15) is 9.97 Å². The zero-order valence-electron chi connectivity index (χ0n) is 17.2. The van der Waals surface area contributed by atoms with Crippen LogP contribution in [0, 0.1) is 18.6 Å². The van der Waals surface area contributed by atoms with Gasteiger partial charge >= 0.3 is 6.01 Å². The number of nitrogens with zero attached hydrogens (tertiary/aromatic N) is 3. The third-order valence-corrected chi connectivity index (χ3v) is 6.13. The Morgan fingerprint density at radius 2 is 1.84 bits per heavy atom. The van der Waals surface area contributed by atoms with Crippen molar-refractivity contribution in [2.45, 2.75) is 26.0 Å². The number of rotatable bonds is 6. The van der Waals surface area contributed by atoms with Crippen LogP contribution in [0.25, 0.3) is 11.3 Å². The number of aryl methyl sites for hydroxylation is 2. The highest BCUT2D eigenvalue weighted by atomic mass is 32.2. The molecule has 1 aromatic carbocycles. The zero-order valence-corrected chi connectivity index (χ0v) is 18.0. The van der Waals surface area contributed by atoms with Gasteiger partial charge in [-0.3, -0.25) is 9.52 Å². The molecule has 0 bridgehead atoms. The summed E-state index contributed by atoms with van der Waals surface area (Å²) >= 11 is 0. The molecule has 2 heterocycles. The second-order valence-corrected chi connectivity index (χ2v) is 9.33. The van der Waals surface area contributed by atoms with Gasteiger partial charge in [0.05, 0.1) is 10.9 Å². The van der Waals surface area contributed by atoms with Crippen molar-refractivity contribution in [1.82, 2.24) is 14.5 Å². The Kier molecular flexibility index (Phi) is 6.07. The molecule has 0 aliphatic carbocycles. The van der Waals surface area contributed by atoms with Crippen molar-refractivity contribution in [1.29, 1.82) is 0 Å². The molecule has 1 N–H and O–H groups in total. The van der Waals surface area contributed by atoms with Gasteiger partial charge in [-0.1, -0.05) is 6.07 Å². The number of nitrogens with one attached hydrogen (secondary N) is 1. The average Bonchev–Trinajstić information content (AvgIpc) is 2.69. The number of hydrogen-bond donors (Lipinski definition) is 1. The Hall–Kier alpha value is -3.34. The van der Waals surface area contributed by atoms with E-state index in [0.717, 1.165) is 6.07 Å². The average molecular weight is 450 g/mol. The van der Waals surface area contributed by atoms with Crippen molar-refractivity contribution in [3.8, 4) is 23.0 Å². The lowest BCUT2D eigenvalue weighted by Crippen LogP contribution is -2.23. The fraction of sp³-hybridized carbons (Fsp3) is 0.250. The Morgan fingerprint density at radius 1 is 1.13 bits per heavy atom. The third kappa shape index (κ3) is 4.88. The van der Waals surface area contributed by atoms with Crippen LogP contribution in [0.3, 0.4) is 0 Å². The minimum Gasteiger partial charge on any atom is -0.418 e. The number of sulfonamides is 1. The monoisotopic (exact) mass is 450 g/mol. The number of aromatic nitrogens is 3. The molecular weight excluding hydrogens is 430 g/mol. The smallest absolute Gasteiger partial charge is 0.324 e. The fourth-order valence-electron chi connectivity index (χ4n) is 2.50. The molecule has 3 aromatic rings. The summed E-state index contributed by atoms with van der Waals surface area (Å²) in [6.45, 7) is 4.39. The van der Waals surface area contributed by atoms with Gasteiger partial charge in [0.15, 0.2) is 11.6 Å². The second kappa shape index (κ2) is 8.42. The Labute approximate surface area is 177 Å². The van der Waals surface area contributed by atoms with E-state index >= 15 is 0 Å². The van der Waals surface area contributed by atoms with E-state index in [4.69, 9.17) is 4.74 Å². The third-order valence-electron chi connectivity index (χ3n) is 4.39. The molecule has 11 heteroatoms. The molecule has 2 aromatic heterocycles. The van der Waals surface area contributed by atoms with Crippen molar-refractivity contribution in [2.75, 3.05) is 4.72 Å². The van der Waals surface area contributed by atoms with Crippen molar-refractivity contribution in [2.24, 2.45) is 7.05 Å². The van der Waals surface area contributed by atoms with E-state index in [9.17, 15) is 22.0 Å². The van der Waals surface area contributed by atoms with Crippen molar-refractivity contribution in [3.63, 3.8) is 0 Å². The molecular formula is C20H20F2N4O4S. The van der Waals surface area contributed by atoms with Gasteiger partial charge in [0.25, 0.3) is 0 Å². The summed E-state index contributed by atoms with van der Waals surface area (Å²) in [7, 11) is -2.24. The molecule has 0 spiro atoms. The fourth-order valence-corrected chi connectivity index (χ4v) is 3.13. The van der Waals surface area contributed by atoms with E-state index in [1.54, 1.807) is 0 Å². The first-order valence-electron chi connectivity index (χ1n) is 9.18. The van der Waals surface area contributed by atoms with E-state index in [0.29, 0.717) is 5.56 Å². The van der Waals surface area contributed by atoms with Crippen LogP contribution in [0.5, 0.6) is 11.8 Å². The van der Waals surface area contributed by atoms with Gasteiger partial charge in [-0.05, 0) is 38.5 Å². The van der Waals surface area contributed by atoms with E-state index in [1.807, 2.05) is 0 Å². The summed E-state index contributed by atoms with van der Waals surface area (Å²) in [4.78, 5) is 19.8. The topological polar surface area (TPSA) is 103 Å². The van der Waals surface area contributed by atoms with Crippen LogP contribution in [0.15, 0.2) is 41.3 Å². The highest BCUT2D eigenvalue weighted by molar-refractivity contribution is 7.93. The van der Waals surface area contributed by atoms with E-state index in [1.165, 1.54) is 62.8 Å². The largest absolute Gasteiger partial charge is 0.418 e. The number of hydrogen-bond acceptors (Lipinski definition) is 6. The van der Waals surface area contributed by atoms with Gasteiger partial charge in [0, 0.05) is 30.9 Å². The zero-order chi connectivity index (χ0) is 22.9. The van der Waals surface area contributed by atoms with Crippen LogP contribution in [0.4, 0.5) is 14.6 Å². The lowest BCUT2D eigenvalue weighted by Gasteiger charge is -2.14. The van der Waals surface area contributed by atoms with Crippen LogP contribution < -0.4 is 15.0 Å². The van der Waals surface area contributed by atoms with Gasteiger partial charge < -0.3 is 9.30 Å². The molecule has 31 heavy (non-hydrogen) atoms. The molecule has 0 amide bonds. The maximum Gasteiger partial charge on any atom is 0.324 e. The van der Waals surface area contributed by atoms with Gasteiger partial charge in [0.2, 0.25) is 21.3 Å². The second-order valence-electron chi connectivity index (χ2n) is 7.09. The maximum absolute atomic E-state index is 14.4. The Bertz CT molecular complexity index is 1310. The van der Waals surface area contributed by atoms with E-state index < -0.39 is 38.7 Å². The first-order valence-corrected chi connectivity index (χ1v) is 10.7. The quantitative estimate of drug-likeness (QED) is 0.618. The SMILES string of the molecule is Cc1ccc(F)c(Oc2nc(NS(=O)(=O)C(C)C)cc(-c3ccc(=O)n(C)c3)n2)c1F. The van der Waals surface area contributed by atoms with Gasteiger partial charge in [-0.15, -0.1) is 0 Å². The van der Waals surface area contributed by atoms with Gasteiger partial charge in [-0.25, -0.2) is 17.2 Å². The predicted molar refractivity (Wildman–Crippen MR) is 112 cm³/mol. The van der Waals surface area contributed by atoms with Crippen molar-refractivity contribution in [3.05, 3.63) is 64.1 Å². The first-order chi connectivity index (χ1) is 14.5. The number of ether oxygens (including phenoxy) is 1. The molecule has 3 rings (SSSR count). The molecule has 0 aliphatic heterocycles. The molecule has 164 valence electrons. The summed E-state index contributed by atoms with van der Waals surface area (Å²) in [6.07, 6.45) is 1.48. The summed E-state index contributed by atoms with van der Waals surface area (Å²) in [5, 5.41) is -0.764. The van der Waals surface area contributed by atoms with Crippen LogP contribution in [-0.2, 0) is 17.1 Å².